The number of aromatic nitrogens is 1. The van der Waals surface area contributed by atoms with Crippen LogP contribution in [0.3, 0.4) is 0 Å². The Hall–Kier alpha value is -1.20. The van der Waals surface area contributed by atoms with Crippen molar-refractivity contribution >= 4 is 10.0 Å². The molecule has 0 fully saturated rings. The van der Waals surface area contributed by atoms with Crippen molar-refractivity contribution in [3.8, 4) is 0 Å². The summed E-state index contributed by atoms with van der Waals surface area (Å²) in [7, 11) is -3.52. The fourth-order valence-electron chi connectivity index (χ4n) is 1.44. The number of pyridine rings is 1. The maximum Gasteiger partial charge on any atom is 0.212 e. The minimum absolute atomic E-state index is 0.355. The average molecular weight is 240 g/mol. The average Bonchev–Trinajstić information content (AvgIpc) is 2.24. The van der Waals surface area contributed by atoms with Gasteiger partial charge in [-0.2, -0.15) is 0 Å². The Morgan fingerprint density at radius 1 is 1.50 bits per heavy atom. The van der Waals surface area contributed by atoms with Gasteiger partial charge < -0.3 is 0 Å². The molecule has 0 bridgehead atoms. The zero-order valence-corrected chi connectivity index (χ0v) is 9.86. The van der Waals surface area contributed by atoms with Gasteiger partial charge in [0.2, 0.25) is 10.0 Å². The van der Waals surface area contributed by atoms with Gasteiger partial charge in [0.25, 0.3) is 0 Å². The molecule has 0 aliphatic heterocycles. The lowest BCUT2D eigenvalue weighted by Crippen LogP contribution is -2.30. The predicted octanol–water partition coefficient (Wildman–Crippen LogP) is 1.25. The second-order valence-electron chi connectivity index (χ2n) is 3.60. The topological polar surface area (TPSA) is 73.0 Å². The summed E-state index contributed by atoms with van der Waals surface area (Å²) in [6, 6.07) is 5.42. The largest absolute Gasteiger partial charge is 0.261 e. The van der Waals surface area contributed by atoms with Crippen molar-refractivity contribution in [1.29, 1.82) is 0 Å². The lowest BCUT2D eigenvalue weighted by atomic mass is 10.1. The summed E-state index contributed by atoms with van der Waals surface area (Å²) in [4.78, 5) is 4.09. The van der Waals surface area contributed by atoms with Gasteiger partial charge in [0.05, 0.1) is 5.25 Å². The molecular formula is C11H16N2O2S. The van der Waals surface area contributed by atoms with Gasteiger partial charge in [0.1, 0.15) is 0 Å². The molecule has 0 radical (unpaired) electrons. The van der Waals surface area contributed by atoms with Gasteiger partial charge >= 0.3 is 0 Å². The van der Waals surface area contributed by atoms with Gasteiger partial charge in [-0.25, -0.2) is 13.6 Å². The summed E-state index contributed by atoms with van der Waals surface area (Å²) in [5.74, 6) is 0. The number of sulfonamides is 1. The number of hydrogen-bond donors (Lipinski definition) is 1. The van der Waals surface area contributed by atoms with Crippen LogP contribution in [-0.2, 0) is 16.4 Å². The lowest BCUT2D eigenvalue weighted by molar-refractivity contribution is 0.570. The molecule has 2 N–H and O–H groups in total. The maximum atomic E-state index is 11.4. The summed E-state index contributed by atoms with van der Waals surface area (Å²) in [6.45, 7) is 3.57. The Morgan fingerprint density at radius 3 is 2.75 bits per heavy atom. The maximum absolute atomic E-state index is 11.4. The van der Waals surface area contributed by atoms with Crippen LogP contribution in [0.4, 0.5) is 0 Å². The van der Waals surface area contributed by atoms with E-state index in [0.29, 0.717) is 19.3 Å². The second kappa shape index (κ2) is 5.77. The van der Waals surface area contributed by atoms with Crippen LogP contribution in [0.1, 0.15) is 18.5 Å². The Morgan fingerprint density at radius 2 is 2.25 bits per heavy atom. The number of nitrogens with zero attached hydrogens (tertiary/aromatic N) is 1. The monoisotopic (exact) mass is 240 g/mol. The summed E-state index contributed by atoms with van der Waals surface area (Å²) in [5.41, 5.74) is 0.741. The molecule has 0 aliphatic rings. The van der Waals surface area contributed by atoms with Gasteiger partial charge in [-0.15, -0.1) is 6.58 Å². The summed E-state index contributed by atoms with van der Waals surface area (Å²) in [5, 5.41) is 4.60. The number of allylic oxidation sites excluding steroid dienone is 1. The van der Waals surface area contributed by atoms with E-state index in [2.05, 4.69) is 11.6 Å². The van der Waals surface area contributed by atoms with Crippen molar-refractivity contribution in [2.45, 2.75) is 24.5 Å². The molecule has 16 heavy (non-hydrogen) atoms. The molecule has 1 atom stereocenters. The van der Waals surface area contributed by atoms with Gasteiger partial charge in [-0.1, -0.05) is 12.1 Å². The number of nitrogens with two attached hydrogens (primary N) is 1. The van der Waals surface area contributed by atoms with E-state index in [0.717, 1.165) is 5.69 Å². The van der Waals surface area contributed by atoms with Gasteiger partial charge in [-0.3, -0.25) is 4.98 Å². The van der Waals surface area contributed by atoms with Crippen molar-refractivity contribution in [3.05, 3.63) is 42.7 Å². The smallest absolute Gasteiger partial charge is 0.212 e. The van der Waals surface area contributed by atoms with Crippen molar-refractivity contribution in [1.82, 2.24) is 4.98 Å². The van der Waals surface area contributed by atoms with E-state index < -0.39 is 15.3 Å². The van der Waals surface area contributed by atoms with Crippen LogP contribution in [-0.4, -0.2) is 18.7 Å². The van der Waals surface area contributed by atoms with E-state index >= 15 is 0 Å². The SMILES string of the molecule is C=CCCC(Cc1ccccn1)S(N)(=O)=O. The highest BCUT2D eigenvalue weighted by molar-refractivity contribution is 7.89. The third-order valence-electron chi connectivity index (χ3n) is 2.32. The second-order valence-corrected chi connectivity index (χ2v) is 5.45. The summed E-state index contributed by atoms with van der Waals surface area (Å²) in [6.07, 6.45) is 4.81. The van der Waals surface area contributed by atoms with E-state index in [9.17, 15) is 8.42 Å². The highest BCUT2D eigenvalue weighted by Gasteiger charge is 2.21. The standard InChI is InChI=1S/C11H16N2O2S/c1-2-3-7-11(16(12,14)15)9-10-6-4-5-8-13-10/h2,4-6,8,11H,1,3,7,9H2,(H2,12,14,15). The molecule has 0 amide bonds. The molecule has 0 spiro atoms. The first kappa shape index (κ1) is 12.9. The molecule has 0 aliphatic carbocycles. The molecule has 5 heteroatoms. The molecule has 1 heterocycles. The lowest BCUT2D eigenvalue weighted by Gasteiger charge is -2.12. The molecule has 4 nitrogen and oxygen atoms in total. The van der Waals surface area contributed by atoms with Crippen LogP contribution in [0.15, 0.2) is 37.1 Å². The van der Waals surface area contributed by atoms with Crippen molar-refractivity contribution in [3.63, 3.8) is 0 Å². The third-order valence-corrected chi connectivity index (χ3v) is 3.65. The van der Waals surface area contributed by atoms with E-state index in [4.69, 9.17) is 5.14 Å². The fraction of sp³-hybridized carbons (Fsp3) is 0.364. The molecule has 1 aromatic heterocycles. The zero-order chi connectivity index (χ0) is 12.0. The van der Waals surface area contributed by atoms with E-state index in [1.807, 2.05) is 6.07 Å². The minimum atomic E-state index is -3.52. The quantitative estimate of drug-likeness (QED) is 0.760. The van der Waals surface area contributed by atoms with E-state index in [1.165, 1.54) is 0 Å². The van der Waals surface area contributed by atoms with E-state index in [1.54, 1.807) is 24.4 Å². The van der Waals surface area contributed by atoms with Crippen LogP contribution in [0, 0.1) is 0 Å². The summed E-state index contributed by atoms with van der Waals surface area (Å²) >= 11 is 0. The highest BCUT2D eigenvalue weighted by atomic mass is 32.2. The van der Waals surface area contributed by atoms with Gasteiger partial charge in [-0.05, 0) is 25.0 Å². The fourth-order valence-corrected chi connectivity index (χ4v) is 2.31. The van der Waals surface area contributed by atoms with Crippen LogP contribution in [0.5, 0.6) is 0 Å². The Balaban J connectivity index is 2.75. The molecule has 0 saturated carbocycles. The molecular weight excluding hydrogens is 224 g/mol. The first-order valence-corrected chi connectivity index (χ1v) is 6.67. The summed E-state index contributed by atoms with van der Waals surface area (Å²) < 4.78 is 22.7. The van der Waals surface area contributed by atoms with Crippen LogP contribution in [0.25, 0.3) is 0 Å². The zero-order valence-electron chi connectivity index (χ0n) is 9.04. The number of primary sulfonamides is 1. The van der Waals surface area contributed by atoms with Crippen LogP contribution < -0.4 is 5.14 Å². The highest BCUT2D eigenvalue weighted by Crippen LogP contribution is 2.11. The molecule has 0 aromatic carbocycles. The normalized spacial score (nSPS) is 13.3. The van der Waals surface area contributed by atoms with Crippen molar-refractivity contribution in [2.75, 3.05) is 0 Å². The third kappa shape index (κ3) is 4.12. The minimum Gasteiger partial charge on any atom is -0.261 e. The van der Waals surface area contributed by atoms with Crippen LogP contribution >= 0.6 is 0 Å². The molecule has 1 unspecified atom stereocenters. The molecule has 0 saturated heterocycles. The first-order chi connectivity index (χ1) is 7.54. The predicted molar refractivity (Wildman–Crippen MR) is 64.3 cm³/mol. The first-order valence-electron chi connectivity index (χ1n) is 5.06. The Labute approximate surface area is 96.3 Å². The van der Waals surface area contributed by atoms with Crippen molar-refractivity contribution in [2.24, 2.45) is 5.14 Å². The van der Waals surface area contributed by atoms with Crippen molar-refractivity contribution < 1.29 is 8.42 Å². The van der Waals surface area contributed by atoms with Gasteiger partial charge in [0.15, 0.2) is 0 Å². The molecule has 88 valence electrons. The van der Waals surface area contributed by atoms with Gasteiger partial charge in [0, 0.05) is 18.3 Å². The Bertz CT molecular complexity index is 429. The number of rotatable bonds is 6. The molecule has 1 aromatic rings. The molecule has 1 rings (SSSR count). The number of hydrogen-bond acceptors (Lipinski definition) is 3. The Kier molecular flexibility index (Phi) is 4.64. The van der Waals surface area contributed by atoms with E-state index in [-0.39, 0.29) is 0 Å². The van der Waals surface area contributed by atoms with Crippen LogP contribution in [0.2, 0.25) is 0 Å².